The number of aldehydes is 1. The highest BCUT2D eigenvalue weighted by molar-refractivity contribution is 7.98. The number of benzene rings is 1. The maximum Gasteiger partial charge on any atom is 0.153 e. The van der Waals surface area contributed by atoms with Gasteiger partial charge in [0.2, 0.25) is 0 Å². The lowest BCUT2D eigenvalue weighted by atomic mass is 10.2. The van der Waals surface area contributed by atoms with Crippen LogP contribution in [0.4, 0.5) is 0 Å². The average Bonchev–Trinajstić information content (AvgIpc) is 2.82. The van der Waals surface area contributed by atoms with E-state index in [1.165, 1.54) is 12.8 Å². The summed E-state index contributed by atoms with van der Waals surface area (Å²) in [5.41, 5.74) is 0.666. The Hall–Kier alpha value is -0.960. The predicted octanol–water partition coefficient (Wildman–Crippen LogP) is 3.54. The standard InChI is InChI=1S/C13H16O2S/c1-16-12-6-7-13(10(8-12)9-14)15-11-4-2-3-5-11/h6-9,11H,2-5H2,1H3. The van der Waals surface area contributed by atoms with Crippen LogP contribution in [0.1, 0.15) is 36.0 Å². The summed E-state index contributed by atoms with van der Waals surface area (Å²) in [6, 6.07) is 5.80. The van der Waals surface area contributed by atoms with Gasteiger partial charge in [-0.3, -0.25) is 4.79 Å². The van der Waals surface area contributed by atoms with Crippen molar-refractivity contribution in [1.82, 2.24) is 0 Å². The minimum atomic E-state index is 0.304. The molecule has 1 aliphatic rings. The average molecular weight is 236 g/mol. The Labute approximate surface area is 100 Å². The second-order valence-corrected chi connectivity index (χ2v) is 4.93. The van der Waals surface area contributed by atoms with Crippen molar-refractivity contribution < 1.29 is 9.53 Å². The summed E-state index contributed by atoms with van der Waals surface area (Å²) in [5, 5.41) is 0. The zero-order chi connectivity index (χ0) is 11.4. The van der Waals surface area contributed by atoms with Gasteiger partial charge in [0.05, 0.1) is 11.7 Å². The van der Waals surface area contributed by atoms with Crippen molar-refractivity contribution in [2.45, 2.75) is 36.7 Å². The summed E-state index contributed by atoms with van der Waals surface area (Å²) >= 11 is 1.64. The van der Waals surface area contributed by atoms with Crippen molar-refractivity contribution in [3.05, 3.63) is 23.8 Å². The summed E-state index contributed by atoms with van der Waals surface area (Å²) < 4.78 is 5.86. The summed E-state index contributed by atoms with van der Waals surface area (Å²) in [6.45, 7) is 0. The summed E-state index contributed by atoms with van der Waals surface area (Å²) in [5.74, 6) is 0.736. The van der Waals surface area contributed by atoms with E-state index in [1.807, 2.05) is 24.5 Å². The first-order valence-corrected chi connectivity index (χ1v) is 6.86. The molecule has 0 aliphatic heterocycles. The number of carbonyl (C=O) groups is 1. The molecule has 1 fully saturated rings. The Morgan fingerprint density at radius 3 is 2.75 bits per heavy atom. The van der Waals surface area contributed by atoms with E-state index in [4.69, 9.17) is 4.74 Å². The monoisotopic (exact) mass is 236 g/mol. The smallest absolute Gasteiger partial charge is 0.153 e. The zero-order valence-corrected chi connectivity index (χ0v) is 10.3. The molecule has 0 atom stereocenters. The van der Waals surface area contributed by atoms with Crippen molar-refractivity contribution in [2.24, 2.45) is 0 Å². The molecular formula is C13H16O2S. The molecule has 0 heterocycles. The Bertz CT molecular complexity index is 370. The Morgan fingerprint density at radius 2 is 2.12 bits per heavy atom. The van der Waals surface area contributed by atoms with Crippen LogP contribution in [0.25, 0.3) is 0 Å². The van der Waals surface area contributed by atoms with Gasteiger partial charge < -0.3 is 4.74 Å². The molecule has 2 rings (SSSR count). The lowest BCUT2D eigenvalue weighted by Crippen LogP contribution is -2.12. The molecular weight excluding hydrogens is 220 g/mol. The number of ether oxygens (including phenoxy) is 1. The highest BCUT2D eigenvalue weighted by atomic mass is 32.2. The number of hydrogen-bond acceptors (Lipinski definition) is 3. The van der Waals surface area contributed by atoms with E-state index in [-0.39, 0.29) is 0 Å². The van der Waals surface area contributed by atoms with E-state index in [0.29, 0.717) is 11.7 Å². The molecule has 86 valence electrons. The SMILES string of the molecule is CSc1ccc(OC2CCCC2)c(C=O)c1. The molecule has 0 saturated heterocycles. The second-order valence-electron chi connectivity index (χ2n) is 4.05. The van der Waals surface area contributed by atoms with Gasteiger partial charge in [0.15, 0.2) is 6.29 Å². The first-order valence-electron chi connectivity index (χ1n) is 5.63. The minimum absolute atomic E-state index is 0.304. The molecule has 2 nitrogen and oxygen atoms in total. The van der Waals surface area contributed by atoms with Crippen molar-refractivity contribution >= 4 is 18.0 Å². The van der Waals surface area contributed by atoms with Crippen LogP contribution in [0.3, 0.4) is 0 Å². The molecule has 0 radical (unpaired) electrons. The van der Waals surface area contributed by atoms with E-state index in [1.54, 1.807) is 11.8 Å². The third-order valence-electron chi connectivity index (χ3n) is 2.94. The van der Waals surface area contributed by atoms with Gasteiger partial charge in [-0.05, 0) is 50.1 Å². The van der Waals surface area contributed by atoms with Crippen LogP contribution in [-0.2, 0) is 0 Å². The lowest BCUT2D eigenvalue weighted by molar-refractivity contribution is 0.111. The largest absolute Gasteiger partial charge is 0.490 e. The van der Waals surface area contributed by atoms with Crippen molar-refractivity contribution in [2.75, 3.05) is 6.26 Å². The number of rotatable bonds is 4. The quantitative estimate of drug-likeness (QED) is 0.591. The highest BCUT2D eigenvalue weighted by Crippen LogP contribution is 2.28. The first kappa shape index (κ1) is 11.5. The molecule has 0 unspecified atom stereocenters. The van der Waals surface area contributed by atoms with Crippen molar-refractivity contribution in [3.63, 3.8) is 0 Å². The molecule has 0 aromatic heterocycles. The molecule has 0 N–H and O–H groups in total. The van der Waals surface area contributed by atoms with Crippen LogP contribution in [0.5, 0.6) is 5.75 Å². The van der Waals surface area contributed by atoms with E-state index in [9.17, 15) is 4.79 Å². The molecule has 0 amide bonds. The molecule has 1 aliphatic carbocycles. The molecule has 1 aromatic carbocycles. The summed E-state index contributed by atoms with van der Waals surface area (Å²) in [7, 11) is 0. The third-order valence-corrected chi connectivity index (χ3v) is 3.67. The van der Waals surface area contributed by atoms with Gasteiger partial charge in [-0.15, -0.1) is 11.8 Å². The second kappa shape index (κ2) is 5.39. The zero-order valence-electron chi connectivity index (χ0n) is 9.44. The van der Waals surface area contributed by atoms with Gasteiger partial charge >= 0.3 is 0 Å². The van der Waals surface area contributed by atoms with Crippen LogP contribution in [0.15, 0.2) is 23.1 Å². The van der Waals surface area contributed by atoms with Crippen LogP contribution in [0.2, 0.25) is 0 Å². The van der Waals surface area contributed by atoms with Gasteiger partial charge in [-0.25, -0.2) is 0 Å². The lowest BCUT2D eigenvalue weighted by Gasteiger charge is -2.14. The van der Waals surface area contributed by atoms with Gasteiger partial charge in [0.1, 0.15) is 5.75 Å². The van der Waals surface area contributed by atoms with Crippen LogP contribution >= 0.6 is 11.8 Å². The van der Waals surface area contributed by atoms with Crippen LogP contribution in [0, 0.1) is 0 Å². The normalized spacial score (nSPS) is 16.3. The fraction of sp³-hybridized carbons (Fsp3) is 0.462. The number of thioether (sulfide) groups is 1. The fourth-order valence-corrected chi connectivity index (χ4v) is 2.49. The van der Waals surface area contributed by atoms with Gasteiger partial charge in [0.25, 0.3) is 0 Å². The van der Waals surface area contributed by atoms with Crippen molar-refractivity contribution in [3.8, 4) is 5.75 Å². The summed E-state index contributed by atoms with van der Waals surface area (Å²) in [6.07, 6.45) is 7.89. The Balaban J connectivity index is 2.15. The highest BCUT2D eigenvalue weighted by Gasteiger charge is 2.17. The Morgan fingerprint density at radius 1 is 1.38 bits per heavy atom. The fourth-order valence-electron chi connectivity index (χ4n) is 2.04. The van der Waals surface area contributed by atoms with E-state index < -0.39 is 0 Å². The molecule has 1 saturated carbocycles. The van der Waals surface area contributed by atoms with E-state index >= 15 is 0 Å². The minimum Gasteiger partial charge on any atom is -0.490 e. The van der Waals surface area contributed by atoms with Crippen molar-refractivity contribution in [1.29, 1.82) is 0 Å². The van der Waals surface area contributed by atoms with Gasteiger partial charge in [-0.2, -0.15) is 0 Å². The molecule has 16 heavy (non-hydrogen) atoms. The van der Waals surface area contributed by atoms with Gasteiger partial charge in [0, 0.05) is 4.90 Å². The van der Waals surface area contributed by atoms with Gasteiger partial charge in [-0.1, -0.05) is 0 Å². The maximum absolute atomic E-state index is 11.0. The predicted molar refractivity (Wildman–Crippen MR) is 66.5 cm³/mol. The summed E-state index contributed by atoms with van der Waals surface area (Å²) in [4.78, 5) is 12.1. The van der Waals surface area contributed by atoms with Crippen LogP contribution in [-0.4, -0.2) is 18.6 Å². The molecule has 1 aromatic rings. The first-order chi connectivity index (χ1) is 7.83. The van der Waals surface area contributed by atoms with Crippen LogP contribution < -0.4 is 4.74 Å². The molecule has 0 spiro atoms. The maximum atomic E-state index is 11.0. The number of carbonyl (C=O) groups excluding carboxylic acids is 1. The molecule has 3 heteroatoms. The van der Waals surface area contributed by atoms with E-state index in [0.717, 1.165) is 29.8 Å². The van der Waals surface area contributed by atoms with E-state index in [2.05, 4.69) is 0 Å². The third kappa shape index (κ3) is 2.59. The molecule has 0 bridgehead atoms. The topological polar surface area (TPSA) is 26.3 Å². The Kier molecular flexibility index (Phi) is 3.88. The number of hydrogen-bond donors (Lipinski definition) is 0.